The molecule has 29 heavy (non-hydrogen) atoms. The molecule has 5 nitrogen and oxygen atoms in total. The Labute approximate surface area is 177 Å². The van der Waals surface area contributed by atoms with Crippen molar-refractivity contribution in [1.82, 2.24) is 15.5 Å². The van der Waals surface area contributed by atoms with Gasteiger partial charge in [0.15, 0.2) is 0 Å². The van der Waals surface area contributed by atoms with E-state index in [1.54, 1.807) is 0 Å². The fourth-order valence-electron chi connectivity index (χ4n) is 3.85. The minimum Gasteiger partial charge on any atom is -0.349 e. The molecular weight excluding hydrogens is 382 g/mol. The second-order valence-electron chi connectivity index (χ2n) is 7.70. The van der Waals surface area contributed by atoms with Crippen LogP contribution in [0.3, 0.4) is 0 Å². The van der Waals surface area contributed by atoms with Crippen LogP contribution in [0.25, 0.3) is 0 Å². The molecule has 156 valence electrons. The molecule has 0 saturated carbocycles. The van der Waals surface area contributed by atoms with Gasteiger partial charge in [-0.05, 0) is 43.2 Å². The molecule has 3 rings (SSSR count). The van der Waals surface area contributed by atoms with E-state index < -0.39 is 0 Å². The standard InChI is InChI=1S/C23H31N3O2S/c1-3-8-20(18-9-5-4-6-10-18)25-22(27)17(2)26-14-12-19(13-15-26)24-23(28)21-11-7-16-29-21/h4-7,9-11,16-17,19-20H,3,8,12-15H2,1-2H3,(H,24,28)(H,25,27). The maximum atomic E-state index is 12.9. The Hall–Kier alpha value is -2.18. The molecule has 2 heterocycles. The van der Waals surface area contributed by atoms with Crippen LogP contribution in [0.15, 0.2) is 47.8 Å². The number of thiophene rings is 1. The quantitative estimate of drug-likeness (QED) is 0.688. The van der Waals surface area contributed by atoms with E-state index in [1.807, 2.05) is 42.6 Å². The predicted molar refractivity (Wildman–Crippen MR) is 118 cm³/mol. The Morgan fingerprint density at radius 2 is 1.86 bits per heavy atom. The third-order valence-corrected chi connectivity index (χ3v) is 6.50. The van der Waals surface area contributed by atoms with Crippen LogP contribution in [0, 0.1) is 0 Å². The van der Waals surface area contributed by atoms with E-state index in [0.717, 1.165) is 49.2 Å². The predicted octanol–water partition coefficient (Wildman–Crippen LogP) is 3.99. The molecule has 6 heteroatoms. The van der Waals surface area contributed by atoms with Crippen molar-refractivity contribution in [3.63, 3.8) is 0 Å². The number of benzene rings is 1. The van der Waals surface area contributed by atoms with E-state index in [0.29, 0.717) is 0 Å². The number of rotatable bonds is 8. The monoisotopic (exact) mass is 413 g/mol. The summed E-state index contributed by atoms with van der Waals surface area (Å²) in [5.41, 5.74) is 1.16. The van der Waals surface area contributed by atoms with Crippen molar-refractivity contribution in [3.05, 3.63) is 58.3 Å². The summed E-state index contributed by atoms with van der Waals surface area (Å²) in [5, 5.41) is 8.28. The van der Waals surface area contributed by atoms with Gasteiger partial charge in [0, 0.05) is 19.1 Å². The Kier molecular flexibility index (Phi) is 7.83. The highest BCUT2D eigenvalue weighted by Gasteiger charge is 2.28. The number of hydrogen-bond donors (Lipinski definition) is 2. The molecule has 1 aliphatic heterocycles. The fourth-order valence-corrected chi connectivity index (χ4v) is 4.48. The van der Waals surface area contributed by atoms with Crippen LogP contribution in [0.4, 0.5) is 0 Å². The lowest BCUT2D eigenvalue weighted by molar-refractivity contribution is -0.127. The van der Waals surface area contributed by atoms with Gasteiger partial charge in [0.2, 0.25) is 5.91 Å². The van der Waals surface area contributed by atoms with Gasteiger partial charge in [-0.25, -0.2) is 0 Å². The molecule has 1 saturated heterocycles. The largest absolute Gasteiger partial charge is 0.349 e. The summed E-state index contributed by atoms with van der Waals surface area (Å²) >= 11 is 1.46. The van der Waals surface area contributed by atoms with Crippen molar-refractivity contribution in [2.24, 2.45) is 0 Å². The number of hydrogen-bond acceptors (Lipinski definition) is 4. The van der Waals surface area contributed by atoms with E-state index in [9.17, 15) is 9.59 Å². The van der Waals surface area contributed by atoms with Gasteiger partial charge in [0.05, 0.1) is 17.0 Å². The highest BCUT2D eigenvalue weighted by Crippen LogP contribution is 2.20. The third-order valence-electron chi connectivity index (χ3n) is 5.63. The molecule has 0 radical (unpaired) electrons. The van der Waals surface area contributed by atoms with Crippen LogP contribution in [0.2, 0.25) is 0 Å². The van der Waals surface area contributed by atoms with Gasteiger partial charge in [-0.15, -0.1) is 11.3 Å². The van der Waals surface area contributed by atoms with Gasteiger partial charge < -0.3 is 10.6 Å². The summed E-state index contributed by atoms with van der Waals surface area (Å²) in [4.78, 5) is 28.1. The number of piperidine rings is 1. The Bertz CT molecular complexity index is 771. The maximum absolute atomic E-state index is 12.9. The zero-order valence-electron chi connectivity index (χ0n) is 17.3. The highest BCUT2D eigenvalue weighted by atomic mass is 32.1. The zero-order chi connectivity index (χ0) is 20.6. The number of amides is 2. The molecule has 0 spiro atoms. The molecule has 1 fully saturated rings. The number of carbonyl (C=O) groups is 2. The lowest BCUT2D eigenvalue weighted by Crippen LogP contribution is -2.52. The highest BCUT2D eigenvalue weighted by molar-refractivity contribution is 7.12. The Balaban J connectivity index is 1.49. The van der Waals surface area contributed by atoms with Crippen LogP contribution in [-0.4, -0.2) is 41.9 Å². The molecule has 1 aliphatic rings. The maximum Gasteiger partial charge on any atom is 0.261 e. The second kappa shape index (κ2) is 10.6. The normalized spacial score (nSPS) is 17.4. The van der Waals surface area contributed by atoms with Crippen LogP contribution < -0.4 is 10.6 Å². The van der Waals surface area contributed by atoms with Gasteiger partial charge in [-0.3, -0.25) is 14.5 Å². The third kappa shape index (κ3) is 5.90. The summed E-state index contributed by atoms with van der Waals surface area (Å²) in [6.07, 6.45) is 3.68. The molecule has 2 amide bonds. The first-order valence-electron chi connectivity index (χ1n) is 10.5. The van der Waals surface area contributed by atoms with Gasteiger partial charge >= 0.3 is 0 Å². The molecule has 0 aliphatic carbocycles. The summed E-state index contributed by atoms with van der Waals surface area (Å²) in [6.45, 7) is 5.75. The summed E-state index contributed by atoms with van der Waals surface area (Å²) < 4.78 is 0. The summed E-state index contributed by atoms with van der Waals surface area (Å²) in [5.74, 6) is 0.0860. The first-order valence-corrected chi connectivity index (χ1v) is 11.4. The Morgan fingerprint density at radius 3 is 2.48 bits per heavy atom. The van der Waals surface area contributed by atoms with Crippen molar-refractivity contribution in [3.8, 4) is 0 Å². The molecule has 2 atom stereocenters. The molecule has 0 bridgehead atoms. The average Bonchev–Trinajstić information content (AvgIpc) is 3.29. The van der Waals surface area contributed by atoms with Gasteiger partial charge in [0.25, 0.3) is 5.91 Å². The molecule has 2 aromatic rings. The lowest BCUT2D eigenvalue weighted by Gasteiger charge is -2.36. The molecule has 1 aromatic carbocycles. The van der Waals surface area contributed by atoms with Crippen molar-refractivity contribution in [1.29, 1.82) is 0 Å². The number of nitrogens with one attached hydrogen (secondary N) is 2. The van der Waals surface area contributed by atoms with Crippen LogP contribution in [0.5, 0.6) is 0 Å². The van der Waals surface area contributed by atoms with Crippen molar-refractivity contribution in [2.45, 2.75) is 57.7 Å². The first kappa shape index (κ1) is 21.5. The van der Waals surface area contributed by atoms with Crippen LogP contribution in [0.1, 0.15) is 60.8 Å². The lowest BCUT2D eigenvalue weighted by atomic mass is 10.0. The molecular formula is C23H31N3O2S. The second-order valence-corrected chi connectivity index (χ2v) is 8.65. The number of carbonyl (C=O) groups excluding carboxylic acids is 2. The number of nitrogens with zero attached hydrogens (tertiary/aromatic N) is 1. The van der Waals surface area contributed by atoms with E-state index in [1.165, 1.54) is 11.3 Å². The minimum atomic E-state index is -0.174. The average molecular weight is 414 g/mol. The SMILES string of the molecule is CCCC(NC(=O)C(C)N1CCC(NC(=O)c2cccs2)CC1)c1ccccc1. The first-order chi connectivity index (χ1) is 14.1. The van der Waals surface area contributed by atoms with Crippen molar-refractivity contribution < 1.29 is 9.59 Å². The molecule has 2 N–H and O–H groups in total. The van der Waals surface area contributed by atoms with E-state index in [-0.39, 0.29) is 29.9 Å². The minimum absolute atomic E-state index is 0.00881. The molecule has 1 aromatic heterocycles. The van der Waals surface area contributed by atoms with E-state index in [2.05, 4.69) is 34.6 Å². The van der Waals surface area contributed by atoms with E-state index >= 15 is 0 Å². The fraction of sp³-hybridized carbons (Fsp3) is 0.478. The van der Waals surface area contributed by atoms with Crippen molar-refractivity contribution >= 4 is 23.2 Å². The smallest absolute Gasteiger partial charge is 0.261 e. The molecule has 2 unspecified atom stereocenters. The van der Waals surface area contributed by atoms with E-state index in [4.69, 9.17) is 0 Å². The van der Waals surface area contributed by atoms with Gasteiger partial charge in [0.1, 0.15) is 0 Å². The topological polar surface area (TPSA) is 61.4 Å². The van der Waals surface area contributed by atoms with Crippen molar-refractivity contribution in [2.75, 3.05) is 13.1 Å². The summed E-state index contributed by atoms with van der Waals surface area (Å²) in [6, 6.07) is 14.0. The number of likely N-dealkylation sites (tertiary alicyclic amines) is 1. The van der Waals surface area contributed by atoms with Gasteiger partial charge in [-0.2, -0.15) is 0 Å². The summed E-state index contributed by atoms with van der Waals surface area (Å²) in [7, 11) is 0. The van der Waals surface area contributed by atoms with Gasteiger partial charge in [-0.1, -0.05) is 49.7 Å². The zero-order valence-corrected chi connectivity index (χ0v) is 18.1. The Morgan fingerprint density at radius 1 is 1.14 bits per heavy atom. The van der Waals surface area contributed by atoms with Crippen LogP contribution >= 0.6 is 11.3 Å². The van der Waals surface area contributed by atoms with Crippen LogP contribution in [-0.2, 0) is 4.79 Å².